The highest BCUT2D eigenvalue weighted by Gasteiger charge is 2.76. The smallest absolute Gasteiger partial charge is 0.193 e. The second-order valence-corrected chi connectivity index (χ2v) is 12.1. The summed E-state index contributed by atoms with van der Waals surface area (Å²) in [6.07, 6.45) is 13.5. The van der Waals surface area contributed by atoms with Gasteiger partial charge in [-0.05, 0) is 62.5 Å². The molecule has 1 saturated heterocycles. The first-order chi connectivity index (χ1) is 16.2. The molecule has 5 aliphatic carbocycles. The molecule has 0 aromatic rings. The van der Waals surface area contributed by atoms with Crippen LogP contribution >= 0.6 is 0 Å². The van der Waals surface area contributed by atoms with Crippen LogP contribution in [0.3, 0.4) is 0 Å². The number of rotatable bonds is 3. The molecule has 0 aromatic carbocycles. The summed E-state index contributed by atoms with van der Waals surface area (Å²) in [5, 5.41) is 21.7. The third-order valence-electron chi connectivity index (χ3n) is 10.6. The van der Waals surface area contributed by atoms with Crippen molar-refractivity contribution in [3.05, 3.63) is 30.2 Å². The molecule has 2 N–H and O–H groups in total. The number of aliphatic hydroxyl groups excluding tert-OH is 2. The number of Topliss-reactive ketones (excluding diaryl/α,β-unsaturated/α-hetero) is 1. The van der Waals surface area contributed by atoms with Gasteiger partial charge in [-0.15, -0.1) is 0 Å². The first kappa shape index (κ1) is 23.1. The summed E-state index contributed by atoms with van der Waals surface area (Å²) >= 11 is 0. The number of ketones is 2. The molecule has 0 bridgehead atoms. The minimum atomic E-state index is -1.21. The summed E-state index contributed by atoms with van der Waals surface area (Å²) in [7, 11) is 0. The zero-order valence-corrected chi connectivity index (χ0v) is 20.2. The van der Waals surface area contributed by atoms with Crippen molar-refractivity contribution in [1.82, 2.24) is 0 Å². The maximum absolute atomic E-state index is 13.5. The fourth-order valence-corrected chi connectivity index (χ4v) is 9.09. The Balaban J connectivity index is 1.37. The molecule has 0 aromatic heterocycles. The van der Waals surface area contributed by atoms with Crippen LogP contribution < -0.4 is 0 Å². The zero-order chi connectivity index (χ0) is 23.9. The van der Waals surface area contributed by atoms with E-state index in [1.165, 1.54) is 6.42 Å². The number of carbonyl (C=O) groups excluding carboxylic acids is 2. The maximum Gasteiger partial charge on any atom is 0.193 e. The molecule has 1 heterocycles. The summed E-state index contributed by atoms with van der Waals surface area (Å²) in [6, 6.07) is 0. The van der Waals surface area contributed by atoms with E-state index in [2.05, 4.69) is 20.3 Å². The molecule has 0 amide bonds. The molecule has 1 radical (unpaired) electrons. The van der Waals surface area contributed by atoms with Gasteiger partial charge in [-0.2, -0.15) is 0 Å². The fourth-order valence-electron chi connectivity index (χ4n) is 9.09. The molecule has 9 atom stereocenters. The predicted molar refractivity (Wildman–Crippen MR) is 124 cm³/mol. The molecule has 6 rings (SSSR count). The molecule has 6 nitrogen and oxygen atoms in total. The van der Waals surface area contributed by atoms with Crippen molar-refractivity contribution in [2.75, 3.05) is 6.61 Å². The van der Waals surface area contributed by atoms with Crippen molar-refractivity contribution in [3.8, 4) is 0 Å². The molecule has 1 unspecified atom stereocenters. The summed E-state index contributed by atoms with van der Waals surface area (Å²) in [4.78, 5) is 25.5. The number of carbonyl (C=O) groups is 2. The van der Waals surface area contributed by atoms with Gasteiger partial charge in [0, 0.05) is 22.7 Å². The molecular weight excluding hydrogens is 432 g/mol. The number of fused-ring (bicyclic) bond motifs is 7. The lowest BCUT2D eigenvalue weighted by molar-refractivity contribution is -0.208. The van der Waals surface area contributed by atoms with E-state index in [1.807, 2.05) is 6.08 Å². The van der Waals surface area contributed by atoms with E-state index < -0.39 is 41.5 Å². The highest BCUT2D eigenvalue weighted by molar-refractivity contribution is 6.01. The van der Waals surface area contributed by atoms with Crippen molar-refractivity contribution in [2.24, 2.45) is 34.5 Å². The maximum atomic E-state index is 13.5. The minimum absolute atomic E-state index is 0.00393. The van der Waals surface area contributed by atoms with E-state index in [-0.39, 0.29) is 35.2 Å². The molecule has 6 heteroatoms. The lowest BCUT2D eigenvalue weighted by Crippen LogP contribution is -2.63. The van der Waals surface area contributed by atoms with Gasteiger partial charge in [0.2, 0.25) is 0 Å². The van der Waals surface area contributed by atoms with E-state index in [0.717, 1.165) is 37.7 Å². The van der Waals surface area contributed by atoms with E-state index in [0.29, 0.717) is 12.8 Å². The van der Waals surface area contributed by atoms with Gasteiger partial charge in [0.05, 0.1) is 12.2 Å². The third kappa shape index (κ3) is 2.89. The second-order valence-electron chi connectivity index (χ2n) is 12.1. The van der Waals surface area contributed by atoms with Crippen molar-refractivity contribution < 1.29 is 29.3 Å². The highest BCUT2D eigenvalue weighted by Crippen LogP contribution is 2.69. The van der Waals surface area contributed by atoms with Crippen LogP contribution in [-0.2, 0) is 19.1 Å². The largest absolute Gasteiger partial charge is 0.393 e. The molecule has 0 spiro atoms. The number of aliphatic hydroxyl groups is 2. The van der Waals surface area contributed by atoms with Gasteiger partial charge in [-0.25, -0.2) is 0 Å². The van der Waals surface area contributed by atoms with Gasteiger partial charge in [0.25, 0.3) is 0 Å². The average Bonchev–Trinajstić information content (AvgIpc) is 3.32. The number of allylic oxidation sites excluding steroid dienone is 4. The first-order valence-electron chi connectivity index (χ1n) is 13.2. The van der Waals surface area contributed by atoms with Crippen LogP contribution in [0.4, 0.5) is 0 Å². The average molecular weight is 470 g/mol. The minimum Gasteiger partial charge on any atom is -0.393 e. The molecular formula is C28H37O6. The van der Waals surface area contributed by atoms with Crippen molar-refractivity contribution in [1.29, 1.82) is 0 Å². The quantitative estimate of drug-likeness (QED) is 0.659. The van der Waals surface area contributed by atoms with Crippen LogP contribution in [0.25, 0.3) is 0 Å². The lowest BCUT2D eigenvalue weighted by Gasteiger charge is -2.59. The Hall–Kier alpha value is -1.34. The van der Waals surface area contributed by atoms with Gasteiger partial charge in [0.1, 0.15) is 6.61 Å². The normalized spacial score (nSPS) is 50.2. The summed E-state index contributed by atoms with van der Waals surface area (Å²) < 4.78 is 13.2. The summed E-state index contributed by atoms with van der Waals surface area (Å²) in [5.41, 5.74) is -1.25. The van der Waals surface area contributed by atoms with Crippen molar-refractivity contribution in [3.63, 3.8) is 0 Å². The van der Waals surface area contributed by atoms with Crippen molar-refractivity contribution >= 4 is 11.6 Å². The fraction of sp³-hybridized carbons (Fsp3) is 0.750. The van der Waals surface area contributed by atoms with Crippen LogP contribution in [0.5, 0.6) is 0 Å². The Morgan fingerprint density at radius 2 is 1.97 bits per heavy atom. The van der Waals surface area contributed by atoms with Crippen LogP contribution in [0, 0.1) is 40.9 Å². The number of hydrogen-bond acceptors (Lipinski definition) is 6. The van der Waals surface area contributed by atoms with Crippen LogP contribution in [0.1, 0.15) is 65.2 Å². The Bertz CT molecular complexity index is 949. The molecule has 34 heavy (non-hydrogen) atoms. The number of hydrogen-bond donors (Lipinski definition) is 2. The Morgan fingerprint density at radius 1 is 1.21 bits per heavy atom. The van der Waals surface area contributed by atoms with Gasteiger partial charge >= 0.3 is 0 Å². The molecule has 1 aliphatic heterocycles. The second kappa shape index (κ2) is 7.83. The Morgan fingerprint density at radius 3 is 2.71 bits per heavy atom. The Kier molecular flexibility index (Phi) is 5.31. The Labute approximate surface area is 201 Å². The molecule has 5 fully saturated rings. The molecule has 6 aliphatic rings. The first-order valence-corrected chi connectivity index (χ1v) is 13.2. The standard InChI is InChI=1S/C28H37O6/c1-26-11-10-18(30)12-17(26)8-9-19-20-13-23-28(22(32)15-29,27(20,2)14-21(31)24(19)26)34-25(33-23)16-6-4-3-5-7-16/h8,10-12,16,19-21,23-25,29,31H,3-7,9,13-15H2,1-2H3/t19-,20-,21-,23+,24+,25?,26-,27-,28+/m0/s1. The number of ether oxygens (including phenoxy) is 2. The van der Waals surface area contributed by atoms with Crippen molar-refractivity contribution in [2.45, 2.75) is 89.3 Å². The lowest BCUT2D eigenvalue weighted by atomic mass is 9.46. The van der Waals surface area contributed by atoms with Crippen LogP contribution in [-0.4, -0.2) is 52.5 Å². The van der Waals surface area contributed by atoms with Gasteiger partial charge < -0.3 is 19.7 Å². The SMILES string of the molecule is C[C@]12C=CC(=O)C=C1[CH]C[C@@H]1[C@@H]2[C@@H](O)C[C@@]2(C)[C@H]1C[C@H]1OC(C3CCCCC3)O[C@]12C(=O)CO. The van der Waals surface area contributed by atoms with Gasteiger partial charge in [-0.3, -0.25) is 9.59 Å². The summed E-state index contributed by atoms with van der Waals surface area (Å²) in [6.45, 7) is 3.63. The summed E-state index contributed by atoms with van der Waals surface area (Å²) in [5.74, 6) is 0.195. The van der Waals surface area contributed by atoms with Gasteiger partial charge in [0.15, 0.2) is 23.5 Å². The monoisotopic (exact) mass is 469 g/mol. The zero-order valence-electron chi connectivity index (χ0n) is 20.2. The highest BCUT2D eigenvalue weighted by atomic mass is 16.7. The topological polar surface area (TPSA) is 93.1 Å². The van der Waals surface area contributed by atoms with E-state index >= 15 is 0 Å². The van der Waals surface area contributed by atoms with Crippen LogP contribution in [0.2, 0.25) is 0 Å². The van der Waals surface area contributed by atoms with E-state index in [9.17, 15) is 19.8 Å². The van der Waals surface area contributed by atoms with E-state index in [4.69, 9.17) is 9.47 Å². The van der Waals surface area contributed by atoms with Gasteiger partial charge in [-0.1, -0.05) is 44.8 Å². The van der Waals surface area contributed by atoms with E-state index in [1.54, 1.807) is 12.2 Å². The molecule has 185 valence electrons. The molecule has 4 saturated carbocycles. The van der Waals surface area contributed by atoms with Crippen LogP contribution in [0.15, 0.2) is 23.8 Å². The predicted octanol–water partition coefficient (Wildman–Crippen LogP) is 3.31. The third-order valence-corrected chi connectivity index (χ3v) is 10.6.